The molecule has 0 saturated carbocycles. The van der Waals surface area contributed by atoms with Crippen molar-refractivity contribution in [3.05, 3.63) is 70.8 Å². The van der Waals surface area contributed by atoms with Gasteiger partial charge in [0.15, 0.2) is 0 Å². The lowest BCUT2D eigenvalue weighted by Crippen LogP contribution is -2.49. The number of hydrogen-bond donors (Lipinski definition) is 3. The maximum atomic E-state index is 13.8. The van der Waals surface area contributed by atoms with E-state index in [9.17, 15) is 23.5 Å². The van der Waals surface area contributed by atoms with Crippen LogP contribution in [0.25, 0.3) is 0 Å². The summed E-state index contributed by atoms with van der Waals surface area (Å²) in [6, 6.07) is 10.7. The van der Waals surface area contributed by atoms with Crippen molar-refractivity contribution >= 4 is 11.8 Å². The van der Waals surface area contributed by atoms with Crippen molar-refractivity contribution in [3.63, 3.8) is 0 Å². The topological polar surface area (TPSA) is 81.7 Å². The Morgan fingerprint density at radius 2 is 1.76 bits per heavy atom. The van der Waals surface area contributed by atoms with E-state index in [2.05, 4.69) is 49.6 Å². The first-order chi connectivity index (χ1) is 17.8. The molecule has 1 fully saturated rings. The van der Waals surface area contributed by atoms with E-state index in [-0.39, 0.29) is 42.2 Å². The highest BCUT2D eigenvalue weighted by Crippen LogP contribution is 2.32. The number of nitrogens with one attached hydrogen (secondary N) is 2. The van der Waals surface area contributed by atoms with Crippen LogP contribution in [0.2, 0.25) is 0 Å². The van der Waals surface area contributed by atoms with Crippen molar-refractivity contribution in [2.24, 2.45) is 11.3 Å². The average molecular weight is 530 g/mol. The Labute approximate surface area is 224 Å². The third-order valence-corrected chi connectivity index (χ3v) is 6.96. The fourth-order valence-corrected chi connectivity index (χ4v) is 5.33. The van der Waals surface area contributed by atoms with Crippen molar-refractivity contribution in [3.8, 4) is 0 Å². The summed E-state index contributed by atoms with van der Waals surface area (Å²) in [6.45, 7) is 10.9. The van der Waals surface area contributed by atoms with Crippen LogP contribution in [-0.4, -0.2) is 53.6 Å². The molecule has 1 aliphatic rings. The molecule has 2 amide bonds. The first-order valence-corrected chi connectivity index (χ1v) is 13.3. The molecule has 208 valence electrons. The molecule has 2 aromatic rings. The highest BCUT2D eigenvalue weighted by molar-refractivity contribution is 5.73. The number of aliphatic hydroxyl groups excluding tert-OH is 1. The summed E-state index contributed by atoms with van der Waals surface area (Å²) in [5.41, 5.74) is 2.77. The van der Waals surface area contributed by atoms with Crippen LogP contribution >= 0.6 is 0 Å². The van der Waals surface area contributed by atoms with Crippen LogP contribution in [0.3, 0.4) is 0 Å². The Hall–Kier alpha value is -2.84. The van der Waals surface area contributed by atoms with E-state index in [0.29, 0.717) is 18.7 Å². The summed E-state index contributed by atoms with van der Waals surface area (Å²) in [4.78, 5) is 25.7. The molecule has 1 heterocycles. The fourth-order valence-electron chi connectivity index (χ4n) is 5.33. The quantitative estimate of drug-likeness (QED) is 0.432. The van der Waals surface area contributed by atoms with Gasteiger partial charge < -0.3 is 20.6 Å². The van der Waals surface area contributed by atoms with Crippen LogP contribution in [0.5, 0.6) is 0 Å². The van der Waals surface area contributed by atoms with Gasteiger partial charge >= 0.3 is 0 Å². The van der Waals surface area contributed by atoms with Gasteiger partial charge in [0.05, 0.1) is 12.1 Å². The van der Waals surface area contributed by atoms with Crippen molar-refractivity contribution in [1.29, 1.82) is 0 Å². The number of likely N-dealkylation sites (tertiary alicyclic amines) is 1. The summed E-state index contributed by atoms with van der Waals surface area (Å²) in [5.74, 6) is -1.57. The van der Waals surface area contributed by atoms with Crippen LogP contribution in [-0.2, 0) is 22.4 Å². The molecular weight excluding hydrogens is 488 g/mol. The number of aliphatic hydroxyl groups is 1. The summed E-state index contributed by atoms with van der Waals surface area (Å²) in [7, 11) is 0. The molecule has 3 rings (SSSR count). The molecule has 2 aromatic carbocycles. The van der Waals surface area contributed by atoms with Gasteiger partial charge in [-0.15, -0.1) is 0 Å². The normalized spacial score (nSPS) is 18.2. The molecule has 1 aliphatic heterocycles. The molecule has 0 aromatic heterocycles. The molecule has 8 heteroatoms. The Kier molecular flexibility index (Phi) is 10.0. The summed E-state index contributed by atoms with van der Waals surface area (Å²) >= 11 is 0. The maximum absolute atomic E-state index is 13.8. The summed E-state index contributed by atoms with van der Waals surface area (Å²) in [6.07, 6.45) is 0.796. The number of hydrogen-bond acceptors (Lipinski definition) is 4. The first-order valence-electron chi connectivity index (χ1n) is 13.3. The molecule has 0 spiro atoms. The SMILES string of the molecule is CC(=O)NC(Cc1cc(F)cc(F)c1)C(O)CNC(c1cccc(CC(C)(C)C)c1)C1CCN(C(C)=O)C1. The molecule has 4 unspecified atom stereocenters. The molecule has 4 atom stereocenters. The van der Waals surface area contributed by atoms with Gasteiger partial charge in [0, 0.05) is 45.6 Å². The lowest BCUT2D eigenvalue weighted by molar-refractivity contribution is -0.128. The van der Waals surface area contributed by atoms with E-state index < -0.39 is 23.8 Å². The zero-order valence-electron chi connectivity index (χ0n) is 23.1. The second kappa shape index (κ2) is 12.8. The third-order valence-electron chi connectivity index (χ3n) is 6.96. The van der Waals surface area contributed by atoms with E-state index in [0.717, 1.165) is 24.5 Å². The predicted octanol–water partition coefficient (Wildman–Crippen LogP) is 4.16. The Morgan fingerprint density at radius 3 is 2.34 bits per heavy atom. The number of carbonyl (C=O) groups is 2. The standard InChI is InChI=1S/C30H41F2N3O3/c1-19(36)34-27(14-22-12-25(31)15-26(32)13-22)28(38)17-33-29(24-9-10-35(18-24)20(2)37)23-8-6-7-21(11-23)16-30(3,4)5/h6-8,11-13,15,24,27-29,33,38H,9-10,14,16-18H2,1-5H3,(H,34,36). The molecule has 0 bridgehead atoms. The van der Waals surface area contributed by atoms with E-state index >= 15 is 0 Å². The van der Waals surface area contributed by atoms with Gasteiger partial charge in [-0.1, -0.05) is 45.0 Å². The Balaban J connectivity index is 1.81. The molecule has 3 N–H and O–H groups in total. The largest absolute Gasteiger partial charge is 0.390 e. The average Bonchev–Trinajstić information content (AvgIpc) is 3.27. The van der Waals surface area contributed by atoms with E-state index in [1.807, 2.05) is 11.0 Å². The number of carbonyl (C=O) groups excluding carboxylic acids is 2. The van der Waals surface area contributed by atoms with Crippen molar-refractivity contribution in [1.82, 2.24) is 15.5 Å². The van der Waals surface area contributed by atoms with Crippen molar-refractivity contribution in [2.75, 3.05) is 19.6 Å². The highest BCUT2D eigenvalue weighted by atomic mass is 19.1. The molecular formula is C30H41F2N3O3. The molecule has 1 saturated heterocycles. The van der Waals surface area contributed by atoms with Gasteiger partial charge in [0.25, 0.3) is 0 Å². The molecule has 6 nitrogen and oxygen atoms in total. The highest BCUT2D eigenvalue weighted by Gasteiger charge is 2.33. The third kappa shape index (κ3) is 8.88. The van der Waals surface area contributed by atoms with Gasteiger partial charge in [-0.05, 0) is 59.4 Å². The van der Waals surface area contributed by atoms with Gasteiger partial charge in [-0.2, -0.15) is 0 Å². The Morgan fingerprint density at radius 1 is 1.08 bits per heavy atom. The number of nitrogens with zero attached hydrogens (tertiary/aromatic N) is 1. The molecule has 0 aliphatic carbocycles. The van der Waals surface area contributed by atoms with E-state index in [4.69, 9.17) is 0 Å². The summed E-state index contributed by atoms with van der Waals surface area (Å²) < 4.78 is 27.5. The minimum atomic E-state index is -1.02. The van der Waals surface area contributed by atoms with Crippen LogP contribution in [0.15, 0.2) is 42.5 Å². The monoisotopic (exact) mass is 529 g/mol. The van der Waals surface area contributed by atoms with E-state index in [1.165, 1.54) is 24.6 Å². The lowest BCUT2D eigenvalue weighted by Gasteiger charge is -2.30. The van der Waals surface area contributed by atoms with Gasteiger partial charge in [0.1, 0.15) is 11.6 Å². The van der Waals surface area contributed by atoms with Crippen LogP contribution in [0.1, 0.15) is 63.8 Å². The molecule has 38 heavy (non-hydrogen) atoms. The van der Waals surface area contributed by atoms with Crippen molar-refractivity contribution in [2.45, 2.75) is 72.1 Å². The van der Waals surface area contributed by atoms with E-state index in [1.54, 1.807) is 6.92 Å². The second-order valence-electron chi connectivity index (χ2n) is 11.7. The minimum Gasteiger partial charge on any atom is -0.390 e. The van der Waals surface area contributed by atoms with Gasteiger partial charge in [-0.3, -0.25) is 9.59 Å². The maximum Gasteiger partial charge on any atom is 0.219 e. The number of halogens is 2. The smallest absolute Gasteiger partial charge is 0.219 e. The molecule has 0 radical (unpaired) electrons. The lowest BCUT2D eigenvalue weighted by atomic mass is 9.85. The zero-order chi connectivity index (χ0) is 28.0. The van der Waals surface area contributed by atoms with Gasteiger partial charge in [0.2, 0.25) is 11.8 Å². The number of rotatable bonds is 10. The van der Waals surface area contributed by atoms with Crippen molar-refractivity contribution < 1.29 is 23.5 Å². The van der Waals surface area contributed by atoms with Crippen LogP contribution < -0.4 is 10.6 Å². The fraction of sp³-hybridized carbons (Fsp3) is 0.533. The summed E-state index contributed by atoms with van der Waals surface area (Å²) in [5, 5.41) is 17.3. The first kappa shape index (κ1) is 29.7. The predicted molar refractivity (Wildman–Crippen MR) is 144 cm³/mol. The van der Waals surface area contributed by atoms with Crippen LogP contribution in [0.4, 0.5) is 8.78 Å². The number of benzene rings is 2. The Bertz CT molecular complexity index is 1100. The van der Waals surface area contributed by atoms with Crippen LogP contribution in [0, 0.1) is 23.0 Å². The van der Waals surface area contributed by atoms with Gasteiger partial charge in [-0.25, -0.2) is 8.78 Å². The second-order valence-corrected chi connectivity index (χ2v) is 11.7. The minimum absolute atomic E-state index is 0.0424. The zero-order valence-corrected chi connectivity index (χ0v) is 23.1. The number of amides is 2.